The van der Waals surface area contributed by atoms with Crippen LogP contribution in [0.15, 0.2) is 22.7 Å². The van der Waals surface area contributed by atoms with Crippen molar-refractivity contribution in [3.8, 4) is 5.75 Å². The molecule has 0 spiro atoms. The summed E-state index contributed by atoms with van der Waals surface area (Å²) in [6.45, 7) is 3.51. The Labute approximate surface area is 121 Å². The molecule has 1 saturated heterocycles. The molecule has 5 heteroatoms. The lowest BCUT2D eigenvalue weighted by Crippen LogP contribution is -2.16. The summed E-state index contributed by atoms with van der Waals surface area (Å²) in [6, 6.07) is 5.18. The monoisotopic (exact) mass is 328 g/mol. The normalized spacial score (nSPS) is 18.3. The van der Waals surface area contributed by atoms with Gasteiger partial charge in [-0.05, 0) is 53.9 Å². The minimum absolute atomic E-state index is 0.177. The number of halogens is 1. The van der Waals surface area contributed by atoms with Gasteiger partial charge in [-0.1, -0.05) is 0 Å². The molecule has 0 saturated carbocycles. The van der Waals surface area contributed by atoms with Gasteiger partial charge in [0, 0.05) is 6.61 Å². The lowest BCUT2D eigenvalue weighted by atomic mass is 10.2. The van der Waals surface area contributed by atoms with Crippen LogP contribution in [0.25, 0.3) is 0 Å². The molecular weight excluding hydrogens is 312 g/mol. The van der Waals surface area contributed by atoms with Crippen molar-refractivity contribution in [3.05, 3.63) is 28.2 Å². The van der Waals surface area contributed by atoms with Gasteiger partial charge < -0.3 is 14.2 Å². The van der Waals surface area contributed by atoms with Crippen LogP contribution in [-0.4, -0.2) is 31.9 Å². The lowest BCUT2D eigenvalue weighted by Gasteiger charge is -2.13. The first kappa shape index (κ1) is 14.3. The zero-order chi connectivity index (χ0) is 13.7. The van der Waals surface area contributed by atoms with Crippen LogP contribution < -0.4 is 4.74 Å². The van der Waals surface area contributed by atoms with E-state index in [9.17, 15) is 4.79 Å². The van der Waals surface area contributed by atoms with Crippen LogP contribution in [0.4, 0.5) is 0 Å². The van der Waals surface area contributed by atoms with Crippen molar-refractivity contribution < 1.29 is 19.0 Å². The molecule has 104 valence electrons. The summed E-state index contributed by atoms with van der Waals surface area (Å²) in [7, 11) is 0. The Morgan fingerprint density at radius 1 is 1.53 bits per heavy atom. The second-order valence-electron chi connectivity index (χ2n) is 4.31. The Morgan fingerprint density at radius 3 is 3.00 bits per heavy atom. The molecule has 0 bridgehead atoms. The number of ether oxygens (including phenoxy) is 3. The highest BCUT2D eigenvalue weighted by Crippen LogP contribution is 2.27. The molecule has 4 nitrogen and oxygen atoms in total. The summed E-state index contributed by atoms with van der Waals surface area (Å²) in [5.41, 5.74) is 0.512. The maximum atomic E-state index is 11.6. The molecule has 1 aromatic carbocycles. The average Bonchev–Trinajstić information content (AvgIpc) is 2.90. The molecule has 0 radical (unpaired) electrons. The molecule has 0 aromatic heterocycles. The van der Waals surface area contributed by atoms with E-state index in [2.05, 4.69) is 15.9 Å². The molecule has 1 aliphatic heterocycles. The number of rotatable bonds is 5. The summed E-state index contributed by atoms with van der Waals surface area (Å²) in [5.74, 6) is 0.387. The maximum absolute atomic E-state index is 11.6. The Morgan fingerprint density at radius 2 is 2.37 bits per heavy atom. The van der Waals surface area contributed by atoms with E-state index in [1.807, 2.05) is 0 Å². The Kier molecular flexibility index (Phi) is 5.22. The van der Waals surface area contributed by atoms with Crippen molar-refractivity contribution in [3.63, 3.8) is 0 Å². The highest BCUT2D eigenvalue weighted by Gasteiger charge is 2.17. The molecule has 1 aliphatic rings. The number of benzene rings is 1. The van der Waals surface area contributed by atoms with Gasteiger partial charge in [-0.2, -0.15) is 0 Å². The van der Waals surface area contributed by atoms with Gasteiger partial charge in [0.05, 0.1) is 22.7 Å². The summed E-state index contributed by atoms with van der Waals surface area (Å²) in [4.78, 5) is 11.6. The fourth-order valence-corrected chi connectivity index (χ4v) is 2.41. The topological polar surface area (TPSA) is 44.8 Å². The number of hydrogen-bond donors (Lipinski definition) is 0. The predicted octanol–water partition coefficient (Wildman–Crippen LogP) is 3.18. The highest BCUT2D eigenvalue weighted by molar-refractivity contribution is 9.10. The minimum Gasteiger partial charge on any atom is -0.490 e. The third-order valence-electron chi connectivity index (χ3n) is 2.89. The fraction of sp³-hybridized carbons (Fsp3) is 0.500. The second kappa shape index (κ2) is 6.91. The molecule has 1 fully saturated rings. The zero-order valence-electron chi connectivity index (χ0n) is 10.9. The molecule has 19 heavy (non-hydrogen) atoms. The van der Waals surface area contributed by atoms with E-state index in [1.165, 1.54) is 0 Å². The third kappa shape index (κ3) is 3.94. The van der Waals surface area contributed by atoms with Gasteiger partial charge in [0.25, 0.3) is 0 Å². The van der Waals surface area contributed by atoms with Crippen molar-refractivity contribution in [1.29, 1.82) is 0 Å². The number of carbonyl (C=O) groups excluding carboxylic acids is 1. The Hall–Kier alpha value is -1.07. The molecule has 0 N–H and O–H groups in total. The minimum atomic E-state index is -0.325. The third-order valence-corrected chi connectivity index (χ3v) is 3.51. The van der Waals surface area contributed by atoms with Crippen molar-refractivity contribution in [1.82, 2.24) is 0 Å². The molecular formula is C14H17BrO4. The Balaban J connectivity index is 1.96. The summed E-state index contributed by atoms with van der Waals surface area (Å²) in [6.07, 6.45) is 2.31. The molecule has 2 rings (SSSR count). The first-order valence-electron chi connectivity index (χ1n) is 6.41. The smallest absolute Gasteiger partial charge is 0.338 e. The van der Waals surface area contributed by atoms with E-state index >= 15 is 0 Å². The molecule has 1 aromatic rings. The van der Waals surface area contributed by atoms with E-state index in [4.69, 9.17) is 14.2 Å². The van der Waals surface area contributed by atoms with Crippen LogP contribution in [0, 0.1) is 0 Å². The quantitative estimate of drug-likeness (QED) is 0.779. The molecule has 1 atom stereocenters. The Bertz CT molecular complexity index is 441. The van der Waals surface area contributed by atoms with E-state index in [0.29, 0.717) is 24.5 Å². The number of esters is 1. The SMILES string of the molecule is CCOC(=O)c1ccc(OCC2CCCO2)c(Br)c1. The second-order valence-corrected chi connectivity index (χ2v) is 5.17. The van der Waals surface area contributed by atoms with E-state index in [-0.39, 0.29) is 12.1 Å². The first-order valence-corrected chi connectivity index (χ1v) is 7.21. The van der Waals surface area contributed by atoms with Crippen LogP contribution in [0.5, 0.6) is 5.75 Å². The zero-order valence-corrected chi connectivity index (χ0v) is 12.4. The van der Waals surface area contributed by atoms with Gasteiger partial charge in [-0.15, -0.1) is 0 Å². The van der Waals surface area contributed by atoms with Gasteiger partial charge in [-0.25, -0.2) is 4.79 Å². The van der Waals surface area contributed by atoms with Crippen LogP contribution in [0.2, 0.25) is 0 Å². The van der Waals surface area contributed by atoms with Crippen LogP contribution in [0.1, 0.15) is 30.1 Å². The molecule has 0 amide bonds. The number of carbonyl (C=O) groups is 1. The fourth-order valence-electron chi connectivity index (χ4n) is 1.92. The summed E-state index contributed by atoms with van der Waals surface area (Å²) < 4.78 is 16.9. The average molecular weight is 329 g/mol. The van der Waals surface area contributed by atoms with Crippen LogP contribution in [-0.2, 0) is 9.47 Å². The van der Waals surface area contributed by atoms with Crippen molar-refractivity contribution in [2.45, 2.75) is 25.9 Å². The first-order chi connectivity index (χ1) is 9.20. The molecule has 1 unspecified atom stereocenters. The van der Waals surface area contributed by atoms with Crippen LogP contribution in [0.3, 0.4) is 0 Å². The van der Waals surface area contributed by atoms with E-state index in [0.717, 1.165) is 23.9 Å². The van der Waals surface area contributed by atoms with Gasteiger partial charge in [0.15, 0.2) is 0 Å². The molecule has 0 aliphatic carbocycles. The largest absolute Gasteiger partial charge is 0.490 e. The van der Waals surface area contributed by atoms with E-state index in [1.54, 1.807) is 25.1 Å². The highest BCUT2D eigenvalue weighted by atomic mass is 79.9. The van der Waals surface area contributed by atoms with Gasteiger partial charge >= 0.3 is 5.97 Å². The summed E-state index contributed by atoms with van der Waals surface area (Å²) >= 11 is 3.40. The molecule has 1 heterocycles. The summed E-state index contributed by atoms with van der Waals surface area (Å²) in [5, 5.41) is 0. The maximum Gasteiger partial charge on any atom is 0.338 e. The lowest BCUT2D eigenvalue weighted by molar-refractivity contribution is 0.0525. The van der Waals surface area contributed by atoms with Crippen molar-refractivity contribution in [2.75, 3.05) is 19.8 Å². The van der Waals surface area contributed by atoms with Crippen molar-refractivity contribution >= 4 is 21.9 Å². The van der Waals surface area contributed by atoms with Gasteiger partial charge in [0.2, 0.25) is 0 Å². The van der Waals surface area contributed by atoms with Crippen LogP contribution >= 0.6 is 15.9 Å². The van der Waals surface area contributed by atoms with Crippen molar-refractivity contribution in [2.24, 2.45) is 0 Å². The van der Waals surface area contributed by atoms with Gasteiger partial charge in [-0.3, -0.25) is 0 Å². The standard InChI is InChI=1S/C14H17BrO4/c1-2-17-14(16)10-5-6-13(12(15)8-10)19-9-11-4-3-7-18-11/h5-6,8,11H,2-4,7,9H2,1H3. The number of hydrogen-bond acceptors (Lipinski definition) is 4. The van der Waals surface area contributed by atoms with Gasteiger partial charge in [0.1, 0.15) is 12.4 Å². The predicted molar refractivity (Wildman–Crippen MR) is 74.6 cm³/mol. The van der Waals surface area contributed by atoms with E-state index < -0.39 is 0 Å².